The standard InChI is InChI=1S/C76H56N2O/c1-75(2)67-12-5-3-10-58(67)59-27-23-55(40-69(59)75)78(56-24-28-61-60-11-4-6-13-71(60)79-72(61)41-56)54-21-16-47(17-22-54)63-43-70-66(42-64(63)57-25-18-50-15-14-48-8-7-9-49-19-26-62(57)74(50)73(48)49)65-39-51(46-30-32-77-33-31-46)20-29-68(65)76(70)52-35-44-34-45(37-52)38-53(76)36-44/h3-33,39-45,52-53H,34-38H2,1-2H3. The van der Waals surface area contributed by atoms with Gasteiger partial charge in [0, 0.05) is 57.1 Å². The highest BCUT2D eigenvalue weighted by molar-refractivity contribution is 6.26. The molecule has 1 spiro atoms. The van der Waals surface area contributed by atoms with Crippen LogP contribution in [0.15, 0.2) is 223 Å². The second-order valence-corrected chi connectivity index (χ2v) is 24.6. The lowest BCUT2D eigenvalue weighted by Gasteiger charge is -2.61. The number of hydrogen-bond donors (Lipinski definition) is 0. The van der Waals surface area contributed by atoms with Crippen molar-refractivity contribution in [3.63, 3.8) is 0 Å². The van der Waals surface area contributed by atoms with Crippen LogP contribution < -0.4 is 4.90 Å². The average Bonchev–Trinajstić information content (AvgIpc) is 3.22. The molecule has 0 unspecified atom stereocenters. The smallest absolute Gasteiger partial charge is 0.137 e. The highest BCUT2D eigenvalue weighted by Crippen LogP contribution is 2.70. The summed E-state index contributed by atoms with van der Waals surface area (Å²) < 4.78 is 6.61. The molecule has 3 heteroatoms. The Morgan fingerprint density at radius 2 is 1.01 bits per heavy atom. The lowest BCUT2D eigenvalue weighted by molar-refractivity contribution is -0.0399. The van der Waals surface area contributed by atoms with Crippen molar-refractivity contribution in [1.29, 1.82) is 0 Å². The van der Waals surface area contributed by atoms with Gasteiger partial charge in [0.2, 0.25) is 0 Å². The molecule has 376 valence electrons. The first kappa shape index (κ1) is 44.2. The van der Waals surface area contributed by atoms with Gasteiger partial charge in [-0.25, -0.2) is 0 Å². The number of hydrogen-bond acceptors (Lipinski definition) is 3. The molecule has 13 aromatic rings. The Labute approximate surface area is 460 Å². The summed E-state index contributed by atoms with van der Waals surface area (Å²) in [5.74, 6) is 2.97. The van der Waals surface area contributed by atoms with Crippen molar-refractivity contribution in [1.82, 2.24) is 4.98 Å². The maximum Gasteiger partial charge on any atom is 0.137 e. The van der Waals surface area contributed by atoms with Gasteiger partial charge in [-0.1, -0.05) is 141 Å². The summed E-state index contributed by atoms with van der Waals surface area (Å²) in [6, 6.07) is 79.0. The molecule has 6 aliphatic carbocycles. The van der Waals surface area contributed by atoms with Crippen molar-refractivity contribution in [2.75, 3.05) is 4.90 Å². The molecule has 0 N–H and O–H groups in total. The summed E-state index contributed by atoms with van der Waals surface area (Å²) in [5, 5.41) is 10.1. The second kappa shape index (κ2) is 15.9. The van der Waals surface area contributed by atoms with E-state index in [4.69, 9.17) is 4.42 Å². The topological polar surface area (TPSA) is 29.3 Å². The van der Waals surface area contributed by atoms with Gasteiger partial charge in [-0.2, -0.15) is 0 Å². The number of fused-ring (bicyclic) bond motifs is 9. The van der Waals surface area contributed by atoms with Crippen LogP contribution in [0, 0.1) is 23.7 Å². The third kappa shape index (κ3) is 6.06. The maximum absolute atomic E-state index is 6.61. The highest BCUT2D eigenvalue weighted by atomic mass is 16.3. The molecular weight excluding hydrogens is 957 g/mol. The SMILES string of the molecule is CC1(C)c2ccccc2-c2ccc(N(c3ccc(-c4cc5c(cc4-c4ccc6ccc7cccc8ccc4c6c78)-c4cc(-c6ccncc6)ccc4C54C5CC6CC(C5)CC4C6)cc3)c3ccc4c(c3)oc3ccccc34)cc21. The minimum atomic E-state index is -0.149. The fourth-order valence-electron chi connectivity index (χ4n) is 17.3. The van der Waals surface area contributed by atoms with Crippen LogP contribution in [0.2, 0.25) is 0 Å². The van der Waals surface area contributed by atoms with Crippen molar-refractivity contribution in [2.24, 2.45) is 23.7 Å². The first-order valence-corrected chi connectivity index (χ1v) is 28.8. The molecule has 2 aromatic heterocycles. The van der Waals surface area contributed by atoms with Crippen molar-refractivity contribution in [2.45, 2.75) is 56.8 Å². The predicted octanol–water partition coefficient (Wildman–Crippen LogP) is 20.4. The molecule has 4 fully saturated rings. The molecule has 11 aromatic carbocycles. The van der Waals surface area contributed by atoms with E-state index in [1.807, 2.05) is 12.4 Å². The van der Waals surface area contributed by atoms with E-state index in [1.54, 1.807) is 11.1 Å². The molecule has 0 aliphatic heterocycles. The number of pyridine rings is 1. The largest absolute Gasteiger partial charge is 0.456 e. The normalized spacial score (nSPS) is 20.9. The number of rotatable bonds is 6. The highest BCUT2D eigenvalue weighted by Gasteiger charge is 2.61. The van der Waals surface area contributed by atoms with E-state index < -0.39 is 0 Å². The van der Waals surface area contributed by atoms with E-state index in [0.29, 0.717) is 11.8 Å². The summed E-state index contributed by atoms with van der Waals surface area (Å²) >= 11 is 0. The van der Waals surface area contributed by atoms with Gasteiger partial charge in [0.05, 0.1) is 0 Å². The Bertz CT molecular complexity index is 4670. The van der Waals surface area contributed by atoms with Gasteiger partial charge < -0.3 is 9.32 Å². The van der Waals surface area contributed by atoms with Gasteiger partial charge in [-0.15, -0.1) is 0 Å². The van der Waals surface area contributed by atoms with Crippen LogP contribution in [0.5, 0.6) is 0 Å². The van der Waals surface area contributed by atoms with E-state index >= 15 is 0 Å². The Morgan fingerprint density at radius 3 is 1.84 bits per heavy atom. The summed E-state index contributed by atoms with van der Waals surface area (Å²) in [7, 11) is 0. The molecular formula is C76H56N2O. The molecule has 4 saturated carbocycles. The molecule has 3 nitrogen and oxygen atoms in total. The van der Waals surface area contributed by atoms with Crippen LogP contribution in [-0.2, 0) is 10.8 Å². The fraction of sp³-hybridized carbons (Fsp3) is 0.171. The monoisotopic (exact) mass is 1010 g/mol. The minimum absolute atomic E-state index is 0.0160. The van der Waals surface area contributed by atoms with Crippen LogP contribution in [0.1, 0.15) is 68.2 Å². The van der Waals surface area contributed by atoms with Crippen molar-refractivity contribution in [3.05, 3.63) is 241 Å². The van der Waals surface area contributed by atoms with E-state index in [1.165, 1.54) is 131 Å². The van der Waals surface area contributed by atoms with Crippen molar-refractivity contribution < 1.29 is 4.42 Å². The van der Waals surface area contributed by atoms with Gasteiger partial charge in [0.25, 0.3) is 0 Å². The lowest BCUT2D eigenvalue weighted by atomic mass is 9.43. The van der Waals surface area contributed by atoms with E-state index in [2.05, 4.69) is 230 Å². The Balaban J connectivity index is 0.866. The van der Waals surface area contributed by atoms with Gasteiger partial charge >= 0.3 is 0 Å². The van der Waals surface area contributed by atoms with Gasteiger partial charge in [0.15, 0.2) is 0 Å². The first-order valence-electron chi connectivity index (χ1n) is 28.8. The van der Waals surface area contributed by atoms with Crippen LogP contribution in [0.25, 0.3) is 110 Å². The Kier molecular flexibility index (Phi) is 8.91. The zero-order valence-electron chi connectivity index (χ0n) is 44.4. The molecule has 79 heavy (non-hydrogen) atoms. The molecule has 4 bridgehead atoms. The molecule has 2 heterocycles. The fourth-order valence-corrected chi connectivity index (χ4v) is 17.3. The van der Waals surface area contributed by atoms with Gasteiger partial charge in [0.1, 0.15) is 11.2 Å². The zero-order chi connectivity index (χ0) is 51.9. The van der Waals surface area contributed by atoms with Crippen molar-refractivity contribution in [3.8, 4) is 55.6 Å². The second-order valence-electron chi connectivity index (χ2n) is 24.6. The third-order valence-corrected chi connectivity index (χ3v) is 20.5. The summed E-state index contributed by atoms with van der Waals surface area (Å²) in [5.41, 5.74) is 23.9. The third-order valence-electron chi connectivity index (χ3n) is 20.5. The first-order chi connectivity index (χ1) is 38.8. The van der Waals surface area contributed by atoms with Crippen molar-refractivity contribution >= 4 is 71.3 Å². The van der Waals surface area contributed by atoms with E-state index in [0.717, 1.165) is 50.8 Å². The summed E-state index contributed by atoms with van der Waals surface area (Å²) in [6.45, 7) is 4.75. The summed E-state index contributed by atoms with van der Waals surface area (Å²) in [4.78, 5) is 6.86. The molecule has 0 amide bonds. The summed E-state index contributed by atoms with van der Waals surface area (Å²) in [6.07, 6.45) is 10.6. The van der Waals surface area contributed by atoms with Crippen LogP contribution >= 0.6 is 0 Å². The van der Waals surface area contributed by atoms with E-state index in [-0.39, 0.29) is 10.8 Å². The Morgan fingerprint density at radius 1 is 0.380 bits per heavy atom. The molecule has 0 atom stereocenters. The predicted molar refractivity (Wildman–Crippen MR) is 327 cm³/mol. The van der Waals surface area contributed by atoms with Crippen LogP contribution in [-0.4, -0.2) is 4.98 Å². The quantitative estimate of drug-likeness (QED) is 0.155. The lowest BCUT2D eigenvalue weighted by Crippen LogP contribution is -2.55. The molecule has 0 saturated heterocycles. The Hall–Kier alpha value is -8.79. The number of nitrogens with zero attached hydrogens (tertiary/aromatic N) is 2. The minimum Gasteiger partial charge on any atom is -0.456 e. The maximum atomic E-state index is 6.61. The molecule has 19 rings (SSSR count). The number of furan rings is 1. The van der Waals surface area contributed by atoms with E-state index in [9.17, 15) is 0 Å². The zero-order valence-corrected chi connectivity index (χ0v) is 44.4. The number of anilines is 3. The van der Waals surface area contributed by atoms with Gasteiger partial charge in [-0.3, -0.25) is 4.98 Å². The average molecular weight is 1010 g/mol. The van der Waals surface area contributed by atoms with Crippen LogP contribution in [0.3, 0.4) is 0 Å². The number of aromatic nitrogens is 1. The van der Waals surface area contributed by atoms with Crippen LogP contribution in [0.4, 0.5) is 17.1 Å². The molecule has 6 aliphatic rings. The van der Waals surface area contributed by atoms with Gasteiger partial charge in [-0.05, 0) is 239 Å². The molecule has 0 radical (unpaired) electrons. The number of benzene rings is 11. The number of para-hydroxylation sites is 1.